The molecule has 1 aromatic heterocycles. The van der Waals surface area contributed by atoms with Crippen LogP contribution < -0.4 is 5.14 Å². The summed E-state index contributed by atoms with van der Waals surface area (Å²) in [4.78, 5) is 29.7. The van der Waals surface area contributed by atoms with Crippen molar-refractivity contribution < 1.29 is 35.6 Å². The van der Waals surface area contributed by atoms with E-state index in [1.807, 2.05) is 0 Å². The van der Waals surface area contributed by atoms with Gasteiger partial charge in [0.2, 0.25) is 15.9 Å². The van der Waals surface area contributed by atoms with Gasteiger partial charge in [-0.15, -0.1) is 10.2 Å². The molecule has 0 atom stereocenters. The number of amides is 2. The predicted molar refractivity (Wildman–Crippen MR) is 139 cm³/mol. The van der Waals surface area contributed by atoms with Gasteiger partial charge in [0.25, 0.3) is 5.91 Å². The Labute approximate surface area is 237 Å². The van der Waals surface area contributed by atoms with E-state index in [-0.39, 0.29) is 57.0 Å². The average Bonchev–Trinajstić information content (AvgIpc) is 3.61. The number of sulfonamides is 1. The van der Waals surface area contributed by atoms with Crippen molar-refractivity contribution in [3.63, 3.8) is 0 Å². The first kappa shape index (κ1) is 29.3. The third kappa shape index (κ3) is 6.18. The summed E-state index contributed by atoms with van der Waals surface area (Å²) in [5, 5.41) is 16.6. The minimum absolute atomic E-state index is 0.0386. The van der Waals surface area contributed by atoms with Crippen LogP contribution in [-0.4, -0.2) is 76.4 Å². The fraction of sp³-hybridized carbons (Fsp3) is 0.346. The normalized spacial score (nSPS) is 15.5. The van der Waals surface area contributed by atoms with Gasteiger partial charge in [0, 0.05) is 32.6 Å². The van der Waals surface area contributed by atoms with Crippen LogP contribution in [0.2, 0.25) is 0 Å². The summed E-state index contributed by atoms with van der Waals surface area (Å²) in [6, 6.07) is 6.20. The largest absolute Gasteiger partial charge is 0.416 e. The molecule has 0 radical (unpaired) electrons. The van der Waals surface area contributed by atoms with Crippen molar-refractivity contribution in [1.29, 1.82) is 0 Å². The molecule has 0 saturated heterocycles. The summed E-state index contributed by atoms with van der Waals surface area (Å²) in [5.41, 5.74) is 1.47. The number of carbonyl (C=O) groups is 2. The number of alkyl halides is 3. The lowest BCUT2D eigenvalue weighted by Gasteiger charge is -2.23. The first-order valence-electron chi connectivity index (χ1n) is 12.7. The zero-order valence-electron chi connectivity index (χ0n) is 22.2. The molecule has 0 spiro atoms. The molecule has 3 aromatic rings. The van der Waals surface area contributed by atoms with Crippen molar-refractivity contribution in [3.05, 3.63) is 81.4 Å². The summed E-state index contributed by atoms with van der Waals surface area (Å²) < 4.78 is 77.4. The summed E-state index contributed by atoms with van der Waals surface area (Å²) in [5.74, 6) is -1.45. The summed E-state index contributed by atoms with van der Waals surface area (Å²) in [6.07, 6.45) is -4.29. The molecule has 0 fully saturated rings. The Hall–Kier alpha value is -4.18. The number of nitrogens with zero attached hydrogens (tertiary/aromatic N) is 6. The second kappa shape index (κ2) is 10.9. The molecular weight excluding hydrogens is 582 g/mol. The van der Waals surface area contributed by atoms with Crippen LogP contribution in [0.15, 0.2) is 52.4 Å². The van der Waals surface area contributed by atoms with Gasteiger partial charge in [-0.3, -0.25) is 9.59 Å². The van der Waals surface area contributed by atoms with Gasteiger partial charge in [0.05, 0.1) is 22.6 Å². The number of tetrazole rings is 1. The first-order chi connectivity index (χ1) is 19.7. The van der Waals surface area contributed by atoms with Crippen LogP contribution in [0.1, 0.15) is 39.3 Å². The Morgan fingerprint density at radius 2 is 1.64 bits per heavy atom. The Kier molecular flexibility index (Phi) is 7.61. The number of rotatable bonds is 7. The molecule has 0 unspecified atom stereocenters. The van der Waals surface area contributed by atoms with Gasteiger partial charge in [0.1, 0.15) is 5.82 Å². The molecule has 0 saturated carbocycles. The monoisotopic (exact) mass is 607 g/mol. The highest BCUT2D eigenvalue weighted by molar-refractivity contribution is 7.89. The molecule has 5 rings (SSSR count). The van der Waals surface area contributed by atoms with Gasteiger partial charge in [-0.2, -0.15) is 18.0 Å². The molecule has 2 aliphatic heterocycles. The van der Waals surface area contributed by atoms with E-state index in [0.29, 0.717) is 23.0 Å². The number of primary sulfonamides is 1. The van der Waals surface area contributed by atoms with Gasteiger partial charge < -0.3 is 9.80 Å². The van der Waals surface area contributed by atoms with Gasteiger partial charge in [-0.05, 0) is 71.2 Å². The molecule has 0 bridgehead atoms. The van der Waals surface area contributed by atoms with Crippen LogP contribution in [0.5, 0.6) is 0 Å². The SMILES string of the molecule is Cc1nnn(Cc2cc(C(F)(F)F)ccc2CCC(=O)N2CC3=C(C2)CN(C(=O)c2ccc(S(N)(=O)=O)cc2F)C3)n1. The van der Waals surface area contributed by atoms with Crippen LogP contribution >= 0.6 is 0 Å². The Morgan fingerprint density at radius 1 is 0.976 bits per heavy atom. The lowest BCUT2D eigenvalue weighted by Crippen LogP contribution is -2.36. The van der Waals surface area contributed by atoms with E-state index in [0.717, 1.165) is 35.4 Å². The second-order valence-electron chi connectivity index (χ2n) is 10.2. The molecule has 11 nitrogen and oxygen atoms in total. The van der Waals surface area contributed by atoms with Crippen molar-refractivity contribution in [1.82, 2.24) is 30.0 Å². The highest BCUT2D eigenvalue weighted by atomic mass is 32.2. The van der Waals surface area contributed by atoms with Crippen LogP contribution in [0.4, 0.5) is 17.6 Å². The Bertz CT molecular complexity index is 1700. The average molecular weight is 608 g/mol. The molecule has 2 amide bonds. The summed E-state index contributed by atoms with van der Waals surface area (Å²) in [6.45, 7) is 2.48. The number of carbonyl (C=O) groups excluding carboxylic acids is 2. The quantitative estimate of drug-likeness (QED) is 0.320. The summed E-state index contributed by atoms with van der Waals surface area (Å²) in [7, 11) is -4.12. The van der Waals surface area contributed by atoms with E-state index >= 15 is 0 Å². The molecule has 3 heterocycles. The van der Waals surface area contributed by atoms with Crippen molar-refractivity contribution in [2.75, 3.05) is 26.2 Å². The topological polar surface area (TPSA) is 144 Å². The van der Waals surface area contributed by atoms with Gasteiger partial charge in [-0.1, -0.05) is 6.07 Å². The number of hydrogen-bond acceptors (Lipinski definition) is 7. The van der Waals surface area contributed by atoms with E-state index in [1.54, 1.807) is 11.8 Å². The molecule has 222 valence electrons. The Morgan fingerprint density at radius 3 is 2.21 bits per heavy atom. The fourth-order valence-corrected chi connectivity index (χ4v) is 5.58. The number of hydrogen-bond donors (Lipinski definition) is 1. The molecule has 2 aliphatic rings. The van der Waals surface area contributed by atoms with Crippen molar-refractivity contribution in [2.24, 2.45) is 5.14 Å². The maximum atomic E-state index is 14.5. The highest BCUT2D eigenvalue weighted by Crippen LogP contribution is 2.32. The number of aromatic nitrogens is 4. The van der Waals surface area contributed by atoms with Crippen LogP contribution in [-0.2, 0) is 34.0 Å². The third-order valence-electron chi connectivity index (χ3n) is 7.17. The van der Waals surface area contributed by atoms with Crippen molar-refractivity contribution >= 4 is 21.8 Å². The van der Waals surface area contributed by atoms with E-state index in [1.165, 1.54) is 15.8 Å². The fourth-order valence-electron chi connectivity index (χ4n) is 5.05. The summed E-state index contributed by atoms with van der Waals surface area (Å²) >= 11 is 0. The van der Waals surface area contributed by atoms with Gasteiger partial charge in [-0.25, -0.2) is 17.9 Å². The molecular formula is C26H25F4N7O4S. The maximum absolute atomic E-state index is 14.5. The van der Waals surface area contributed by atoms with Crippen molar-refractivity contribution in [2.45, 2.75) is 37.4 Å². The van der Waals surface area contributed by atoms with E-state index in [9.17, 15) is 35.6 Å². The van der Waals surface area contributed by atoms with Gasteiger partial charge in [0.15, 0.2) is 5.82 Å². The number of benzene rings is 2. The second-order valence-corrected chi connectivity index (χ2v) is 11.7. The van der Waals surface area contributed by atoms with Crippen LogP contribution in [0, 0.1) is 12.7 Å². The maximum Gasteiger partial charge on any atom is 0.416 e. The predicted octanol–water partition coefficient (Wildman–Crippen LogP) is 2.06. The minimum atomic E-state index is -4.54. The molecule has 2 aromatic carbocycles. The van der Waals surface area contributed by atoms with E-state index in [2.05, 4.69) is 15.4 Å². The zero-order valence-corrected chi connectivity index (χ0v) is 23.0. The van der Waals surface area contributed by atoms with Crippen LogP contribution in [0.3, 0.4) is 0 Å². The molecule has 2 N–H and O–H groups in total. The van der Waals surface area contributed by atoms with Gasteiger partial charge >= 0.3 is 6.18 Å². The molecule has 0 aliphatic carbocycles. The lowest BCUT2D eigenvalue weighted by atomic mass is 9.99. The number of nitrogens with two attached hydrogens (primary N) is 1. The van der Waals surface area contributed by atoms with Crippen LogP contribution in [0.25, 0.3) is 0 Å². The zero-order chi connectivity index (χ0) is 30.4. The van der Waals surface area contributed by atoms with Crippen molar-refractivity contribution in [3.8, 4) is 0 Å². The minimum Gasteiger partial charge on any atom is -0.335 e. The number of halogens is 4. The number of aryl methyl sites for hydroxylation is 2. The third-order valence-corrected chi connectivity index (χ3v) is 8.08. The first-order valence-corrected chi connectivity index (χ1v) is 14.3. The van der Waals surface area contributed by atoms with E-state index in [4.69, 9.17) is 5.14 Å². The highest BCUT2D eigenvalue weighted by Gasteiger charge is 2.35. The smallest absolute Gasteiger partial charge is 0.335 e. The van der Waals surface area contributed by atoms with E-state index < -0.39 is 38.4 Å². The molecule has 42 heavy (non-hydrogen) atoms. The standard InChI is InChI=1S/C26H25F4N7O4S/c1-15-32-34-37(33-15)14-17-8-20(26(28,29)30)4-2-16(17)3-7-24(38)35-10-18-12-36(13-19(18)11-35)25(39)22-6-5-21(9-23(22)27)42(31,40)41/h2,4-6,8-9H,3,7,10-14H2,1H3,(H2,31,40,41). The molecule has 16 heteroatoms. The lowest BCUT2D eigenvalue weighted by molar-refractivity contribution is -0.137. The Balaban J connectivity index is 1.20.